The van der Waals surface area contributed by atoms with Crippen LogP contribution in [0, 0.1) is 5.82 Å². The summed E-state index contributed by atoms with van der Waals surface area (Å²) in [6.07, 6.45) is 0.925. The number of amides is 1. The number of fused-ring (bicyclic) bond motifs is 1. The number of ether oxygens (including phenoxy) is 2. The van der Waals surface area contributed by atoms with Gasteiger partial charge in [0.25, 0.3) is 5.91 Å². The van der Waals surface area contributed by atoms with Crippen LogP contribution in [0.3, 0.4) is 0 Å². The van der Waals surface area contributed by atoms with E-state index in [1.165, 1.54) is 32.2 Å². The van der Waals surface area contributed by atoms with Crippen LogP contribution in [-0.2, 0) is 25.6 Å². The maximum atomic E-state index is 13.8. The van der Waals surface area contributed by atoms with Gasteiger partial charge in [-0.1, -0.05) is 31.7 Å². The maximum absolute atomic E-state index is 13.8. The Hall–Kier alpha value is -3.49. The van der Waals surface area contributed by atoms with E-state index in [0.717, 1.165) is 16.7 Å². The first-order valence-electron chi connectivity index (χ1n) is 11.0. The standard InChI is InChI=1S/C26H27FN2O5.CH4/c1-14(30)23(25(32)33-4)28-13-15-5-7-16(8-6-15)19-12-21(34-26(19,2)3)22-18-11-17(27)9-10-20(18)29-24(22)31;/h5-12,14,23,28,30H,13H2,1-4H3,(H,29,31);1H4/b22-21+;/t14-,23+;/m1./s1. The molecule has 2 aromatic carbocycles. The first-order chi connectivity index (χ1) is 16.1. The van der Waals surface area contributed by atoms with Crippen molar-refractivity contribution >= 4 is 28.7 Å². The van der Waals surface area contributed by atoms with E-state index in [1.807, 2.05) is 44.2 Å². The van der Waals surface area contributed by atoms with Crippen molar-refractivity contribution in [2.24, 2.45) is 0 Å². The Labute approximate surface area is 204 Å². The van der Waals surface area contributed by atoms with Gasteiger partial charge in [0, 0.05) is 23.4 Å². The van der Waals surface area contributed by atoms with Crippen molar-refractivity contribution in [1.82, 2.24) is 5.32 Å². The third-order valence-electron chi connectivity index (χ3n) is 5.99. The van der Waals surface area contributed by atoms with Crippen LogP contribution in [0.1, 0.15) is 44.9 Å². The van der Waals surface area contributed by atoms with E-state index in [9.17, 15) is 19.1 Å². The third kappa shape index (κ3) is 5.13. The van der Waals surface area contributed by atoms with Crippen LogP contribution in [0.5, 0.6) is 0 Å². The smallest absolute Gasteiger partial charge is 0.325 e. The normalized spacial score (nSPS) is 19.6. The van der Waals surface area contributed by atoms with Gasteiger partial charge in [0.1, 0.15) is 23.2 Å². The zero-order valence-electron chi connectivity index (χ0n) is 19.4. The first kappa shape index (κ1) is 26.1. The van der Waals surface area contributed by atoms with Gasteiger partial charge in [0.2, 0.25) is 0 Å². The van der Waals surface area contributed by atoms with Crippen molar-refractivity contribution in [3.05, 3.63) is 76.8 Å². The molecule has 35 heavy (non-hydrogen) atoms. The van der Waals surface area contributed by atoms with Crippen LogP contribution in [0.15, 0.2) is 54.3 Å². The summed E-state index contributed by atoms with van der Waals surface area (Å²) in [5.74, 6) is -0.891. The van der Waals surface area contributed by atoms with Gasteiger partial charge in [-0.25, -0.2) is 4.39 Å². The van der Waals surface area contributed by atoms with Gasteiger partial charge >= 0.3 is 5.97 Å². The first-order valence-corrected chi connectivity index (χ1v) is 11.0. The van der Waals surface area contributed by atoms with E-state index in [1.54, 1.807) is 0 Å². The van der Waals surface area contributed by atoms with Gasteiger partial charge in [-0.3, -0.25) is 14.9 Å². The average Bonchev–Trinajstić information content (AvgIpc) is 3.28. The van der Waals surface area contributed by atoms with Crippen LogP contribution in [-0.4, -0.2) is 41.8 Å². The van der Waals surface area contributed by atoms with Gasteiger partial charge in [-0.2, -0.15) is 0 Å². The van der Waals surface area contributed by atoms with Gasteiger partial charge in [0.05, 0.1) is 18.8 Å². The second-order valence-corrected chi connectivity index (χ2v) is 8.87. The molecule has 2 aliphatic rings. The number of aliphatic hydroxyl groups is 1. The molecule has 0 bridgehead atoms. The number of methoxy groups -OCH3 is 1. The molecule has 0 unspecified atom stereocenters. The van der Waals surface area contributed by atoms with Gasteiger partial charge in [0.15, 0.2) is 0 Å². The highest BCUT2D eigenvalue weighted by Gasteiger charge is 2.38. The summed E-state index contributed by atoms with van der Waals surface area (Å²) in [6, 6.07) is 11.0. The lowest BCUT2D eigenvalue weighted by atomic mass is 9.91. The Morgan fingerprint density at radius 2 is 1.91 bits per heavy atom. The fourth-order valence-corrected chi connectivity index (χ4v) is 4.21. The number of benzene rings is 2. The molecule has 3 N–H and O–H groups in total. The summed E-state index contributed by atoms with van der Waals surface area (Å²) in [6.45, 7) is 5.70. The third-order valence-corrected chi connectivity index (χ3v) is 5.99. The molecular weight excluding hydrogens is 451 g/mol. The lowest BCUT2D eigenvalue weighted by Crippen LogP contribution is -2.45. The van der Waals surface area contributed by atoms with Crippen LogP contribution >= 0.6 is 0 Å². The minimum atomic E-state index is -0.897. The fourth-order valence-electron chi connectivity index (χ4n) is 4.21. The number of esters is 1. The number of anilines is 1. The van der Waals surface area contributed by atoms with Crippen LogP contribution in [0.2, 0.25) is 0 Å². The lowest BCUT2D eigenvalue weighted by Gasteiger charge is -2.24. The number of aliphatic hydroxyl groups excluding tert-OH is 1. The van der Waals surface area contributed by atoms with Crippen molar-refractivity contribution in [2.75, 3.05) is 12.4 Å². The van der Waals surface area contributed by atoms with E-state index >= 15 is 0 Å². The SMILES string of the molecule is C.COC(=O)[C@@H](NCc1ccc(C2=C/C(=C3\C(=O)Nc4ccc(F)cc43)OC2(C)C)cc1)[C@@H](C)O. The van der Waals surface area contributed by atoms with E-state index in [4.69, 9.17) is 9.47 Å². The predicted octanol–water partition coefficient (Wildman–Crippen LogP) is 4.03. The largest absolute Gasteiger partial charge is 0.482 e. The molecule has 0 aromatic heterocycles. The number of nitrogens with one attached hydrogen (secondary N) is 2. The molecule has 0 saturated heterocycles. The van der Waals surface area contributed by atoms with Gasteiger partial charge in [-0.05, 0) is 56.2 Å². The molecule has 1 amide bonds. The quantitative estimate of drug-likeness (QED) is 0.425. The molecule has 8 heteroatoms. The topological polar surface area (TPSA) is 96.9 Å². The van der Waals surface area contributed by atoms with E-state index in [0.29, 0.717) is 29.1 Å². The fraction of sp³-hybridized carbons (Fsp3) is 0.333. The number of carbonyl (C=O) groups excluding carboxylic acids is 2. The summed E-state index contributed by atoms with van der Waals surface area (Å²) in [5, 5.41) is 15.6. The molecule has 2 heterocycles. The number of rotatable bonds is 6. The highest BCUT2D eigenvalue weighted by Crippen LogP contribution is 2.44. The van der Waals surface area contributed by atoms with Gasteiger partial charge in [-0.15, -0.1) is 0 Å². The van der Waals surface area contributed by atoms with Crippen molar-refractivity contribution in [3.63, 3.8) is 0 Å². The van der Waals surface area contributed by atoms with Crippen molar-refractivity contribution in [1.29, 1.82) is 0 Å². The van der Waals surface area contributed by atoms with Crippen LogP contribution < -0.4 is 10.6 Å². The highest BCUT2D eigenvalue weighted by molar-refractivity contribution is 6.32. The Morgan fingerprint density at radius 3 is 2.54 bits per heavy atom. The molecule has 0 radical (unpaired) electrons. The second kappa shape index (κ2) is 10.0. The molecule has 2 atom stereocenters. The minimum absolute atomic E-state index is 0. The molecule has 0 spiro atoms. The molecule has 4 rings (SSSR count). The monoisotopic (exact) mass is 482 g/mol. The van der Waals surface area contributed by atoms with Crippen LogP contribution in [0.25, 0.3) is 11.1 Å². The zero-order valence-corrected chi connectivity index (χ0v) is 19.4. The number of allylic oxidation sites excluding steroid dienone is 1. The number of hydrogen-bond acceptors (Lipinski definition) is 6. The Kier molecular flexibility index (Phi) is 7.47. The van der Waals surface area contributed by atoms with Crippen LogP contribution in [0.4, 0.5) is 10.1 Å². The Balaban J connectivity index is 0.00000342. The molecule has 0 saturated carbocycles. The summed E-state index contributed by atoms with van der Waals surface area (Å²) < 4.78 is 24.7. The van der Waals surface area contributed by atoms with E-state index in [-0.39, 0.29) is 13.3 Å². The zero-order chi connectivity index (χ0) is 24.6. The van der Waals surface area contributed by atoms with Crippen molar-refractivity contribution in [3.8, 4) is 0 Å². The van der Waals surface area contributed by atoms with Gasteiger partial charge < -0.3 is 19.9 Å². The Bertz CT molecular complexity index is 1200. The molecule has 186 valence electrons. The van der Waals surface area contributed by atoms with E-state index in [2.05, 4.69) is 10.6 Å². The maximum Gasteiger partial charge on any atom is 0.325 e. The molecule has 0 fully saturated rings. The number of hydrogen-bond donors (Lipinski definition) is 3. The average molecular weight is 483 g/mol. The summed E-state index contributed by atoms with van der Waals surface area (Å²) in [5.41, 5.74) is 3.33. The molecule has 2 aliphatic heterocycles. The molecule has 2 aromatic rings. The second-order valence-electron chi connectivity index (χ2n) is 8.87. The highest BCUT2D eigenvalue weighted by atomic mass is 19.1. The Morgan fingerprint density at radius 1 is 1.23 bits per heavy atom. The number of halogens is 1. The summed E-state index contributed by atoms with van der Waals surface area (Å²) in [7, 11) is 1.28. The molecule has 7 nitrogen and oxygen atoms in total. The van der Waals surface area contributed by atoms with E-state index < -0.39 is 29.5 Å². The number of carbonyl (C=O) groups is 2. The van der Waals surface area contributed by atoms with Crippen molar-refractivity contribution in [2.45, 2.75) is 52.5 Å². The lowest BCUT2D eigenvalue weighted by molar-refractivity contribution is -0.145. The summed E-state index contributed by atoms with van der Waals surface area (Å²) >= 11 is 0. The van der Waals surface area contributed by atoms with Crippen molar-refractivity contribution < 1.29 is 28.6 Å². The predicted molar refractivity (Wildman–Crippen MR) is 133 cm³/mol. The molecular formula is C27H31FN2O5. The summed E-state index contributed by atoms with van der Waals surface area (Å²) in [4.78, 5) is 24.4. The minimum Gasteiger partial charge on any atom is -0.482 e. The molecule has 0 aliphatic carbocycles.